The first kappa shape index (κ1) is 22.1. The molecule has 0 aliphatic carbocycles. The van der Waals surface area contributed by atoms with Crippen LogP contribution in [0.1, 0.15) is 63.3 Å². The van der Waals surface area contributed by atoms with Crippen LogP contribution >= 0.6 is 11.5 Å². The van der Waals surface area contributed by atoms with Crippen LogP contribution in [0, 0.1) is 18.3 Å². The van der Waals surface area contributed by atoms with E-state index in [-0.39, 0.29) is 5.91 Å². The summed E-state index contributed by atoms with van der Waals surface area (Å²) in [5.41, 5.74) is 2.56. The summed E-state index contributed by atoms with van der Waals surface area (Å²) in [7, 11) is 0. The van der Waals surface area contributed by atoms with E-state index in [2.05, 4.69) is 14.7 Å². The van der Waals surface area contributed by atoms with Crippen molar-refractivity contribution in [3.05, 3.63) is 75.6 Å². The minimum absolute atomic E-state index is 0.309. The fourth-order valence-electron chi connectivity index (χ4n) is 2.84. The highest BCUT2D eigenvalue weighted by Gasteiger charge is 2.21. The van der Waals surface area contributed by atoms with Crippen molar-refractivity contribution in [2.75, 3.05) is 5.32 Å². The third-order valence-electron chi connectivity index (χ3n) is 4.21. The predicted molar refractivity (Wildman–Crippen MR) is 118 cm³/mol. The van der Waals surface area contributed by atoms with E-state index in [1.54, 1.807) is 64.1 Å². The van der Waals surface area contributed by atoms with Crippen molar-refractivity contribution in [2.45, 2.75) is 39.7 Å². The lowest BCUT2D eigenvalue weighted by atomic mass is 10.1. The Kier molecular flexibility index (Phi) is 6.47. The number of rotatable bonds is 5. The Hall–Kier alpha value is -3.57. The van der Waals surface area contributed by atoms with E-state index >= 15 is 0 Å². The molecular formula is C23H22N4O3S. The zero-order valence-electron chi connectivity index (χ0n) is 17.7. The van der Waals surface area contributed by atoms with Crippen molar-refractivity contribution >= 4 is 29.1 Å². The number of benzene rings is 1. The van der Waals surface area contributed by atoms with Gasteiger partial charge in [-0.05, 0) is 69.6 Å². The van der Waals surface area contributed by atoms with Gasteiger partial charge in [0.1, 0.15) is 11.7 Å². The smallest absolute Gasteiger partial charge is 0.338 e. The van der Waals surface area contributed by atoms with E-state index in [0.717, 1.165) is 10.6 Å². The van der Waals surface area contributed by atoms with Crippen molar-refractivity contribution in [3.63, 3.8) is 0 Å². The molecule has 31 heavy (non-hydrogen) atoms. The second kappa shape index (κ2) is 9.06. The standard InChI is InChI=1S/C23H22N4O3S/c1-14-20(19(31-27-14)11-17-9-8-15(12-24)13-25-17)21(28)26-18-7-5-6-16(10-18)22(29)30-23(2,3)4/h5-10,13H,11H2,1-4H3,(H,26,28). The van der Waals surface area contributed by atoms with Crippen LogP contribution in [0.25, 0.3) is 0 Å². The number of amides is 1. The van der Waals surface area contributed by atoms with Gasteiger partial charge in [0.05, 0.1) is 22.4 Å². The lowest BCUT2D eigenvalue weighted by Gasteiger charge is -2.19. The number of nitriles is 1. The van der Waals surface area contributed by atoms with E-state index < -0.39 is 11.6 Å². The second-order valence-electron chi connectivity index (χ2n) is 7.93. The molecule has 0 radical (unpaired) electrons. The minimum atomic E-state index is -0.607. The van der Waals surface area contributed by atoms with Gasteiger partial charge in [0.25, 0.3) is 5.91 Å². The number of carbonyl (C=O) groups is 2. The summed E-state index contributed by atoms with van der Waals surface area (Å²) in [6.07, 6.45) is 1.93. The molecule has 8 heteroatoms. The van der Waals surface area contributed by atoms with E-state index in [9.17, 15) is 9.59 Å². The van der Waals surface area contributed by atoms with Crippen molar-refractivity contribution < 1.29 is 14.3 Å². The van der Waals surface area contributed by atoms with Crippen LogP contribution < -0.4 is 5.32 Å². The number of esters is 1. The van der Waals surface area contributed by atoms with E-state index in [1.165, 1.54) is 17.7 Å². The lowest BCUT2D eigenvalue weighted by molar-refractivity contribution is 0.00694. The van der Waals surface area contributed by atoms with Gasteiger partial charge >= 0.3 is 5.97 Å². The SMILES string of the molecule is Cc1nsc(Cc2ccc(C#N)cn2)c1C(=O)Nc1cccc(C(=O)OC(C)(C)C)c1. The van der Waals surface area contributed by atoms with E-state index in [0.29, 0.717) is 34.5 Å². The predicted octanol–water partition coefficient (Wildman–Crippen LogP) is 4.52. The van der Waals surface area contributed by atoms with Crippen LogP contribution in [0.15, 0.2) is 42.6 Å². The molecule has 0 aliphatic rings. The fraction of sp³-hybridized carbons (Fsp3) is 0.261. The van der Waals surface area contributed by atoms with Gasteiger partial charge in [0.15, 0.2) is 0 Å². The number of hydrogen-bond donors (Lipinski definition) is 1. The molecule has 0 spiro atoms. The van der Waals surface area contributed by atoms with Gasteiger partial charge in [-0.15, -0.1) is 0 Å². The molecule has 0 saturated heterocycles. The van der Waals surface area contributed by atoms with E-state index in [4.69, 9.17) is 10.00 Å². The molecule has 0 unspecified atom stereocenters. The quantitative estimate of drug-likeness (QED) is 0.592. The largest absolute Gasteiger partial charge is 0.456 e. The molecule has 3 rings (SSSR count). The highest BCUT2D eigenvalue weighted by Crippen LogP contribution is 2.23. The molecule has 2 heterocycles. The Morgan fingerprint density at radius 1 is 1.23 bits per heavy atom. The lowest BCUT2D eigenvalue weighted by Crippen LogP contribution is -2.24. The Morgan fingerprint density at radius 2 is 2.00 bits per heavy atom. The van der Waals surface area contributed by atoms with Crippen LogP contribution in [0.4, 0.5) is 5.69 Å². The van der Waals surface area contributed by atoms with Crippen LogP contribution in [-0.2, 0) is 11.2 Å². The first-order chi connectivity index (χ1) is 14.7. The molecule has 1 aromatic carbocycles. The van der Waals surface area contributed by atoms with Crippen molar-refractivity contribution in [1.82, 2.24) is 9.36 Å². The Balaban J connectivity index is 1.78. The van der Waals surface area contributed by atoms with Crippen LogP contribution in [0.5, 0.6) is 0 Å². The molecule has 3 aromatic rings. The number of anilines is 1. The molecule has 0 saturated carbocycles. The summed E-state index contributed by atoms with van der Waals surface area (Å²) in [4.78, 5) is 30.4. The van der Waals surface area contributed by atoms with Crippen LogP contribution in [0.2, 0.25) is 0 Å². The molecule has 158 valence electrons. The summed E-state index contributed by atoms with van der Waals surface area (Å²) in [6, 6.07) is 12.1. The normalized spacial score (nSPS) is 10.9. The third kappa shape index (κ3) is 5.74. The highest BCUT2D eigenvalue weighted by molar-refractivity contribution is 7.06. The highest BCUT2D eigenvalue weighted by atomic mass is 32.1. The summed E-state index contributed by atoms with van der Waals surface area (Å²) in [6.45, 7) is 7.17. The average molecular weight is 435 g/mol. The topological polar surface area (TPSA) is 105 Å². The zero-order chi connectivity index (χ0) is 22.6. The monoisotopic (exact) mass is 434 g/mol. The van der Waals surface area contributed by atoms with Gasteiger partial charge in [-0.25, -0.2) is 4.79 Å². The molecule has 2 aromatic heterocycles. The van der Waals surface area contributed by atoms with Crippen molar-refractivity contribution in [1.29, 1.82) is 5.26 Å². The van der Waals surface area contributed by atoms with Crippen LogP contribution in [-0.4, -0.2) is 26.8 Å². The van der Waals surface area contributed by atoms with Gasteiger partial charge in [0.2, 0.25) is 0 Å². The number of ether oxygens (including phenoxy) is 1. The maximum Gasteiger partial charge on any atom is 0.338 e. The molecule has 7 nitrogen and oxygen atoms in total. The number of hydrogen-bond acceptors (Lipinski definition) is 7. The summed E-state index contributed by atoms with van der Waals surface area (Å²) in [5.74, 6) is -0.763. The third-order valence-corrected chi connectivity index (χ3v) is 5.15. The maximum absolute atomic E-state index is 13.0. The van der Waals surface area contributed by atoms with Crippen molar-refractivity contribution in [3.8, 4) is 6.07 Å². The number of aromatic nitrogens is 2. The molecular weight excluding hydrogens is 412 g/mol. The van der Waals surface area contributed by atoms with Gasteiger partial charge < -0.3 is 10.1 Å². The Morgan fingerprint density at radius 3 is 2.65 bits per heavy atom. The summed E-state index contributed by atoms with van der Waals surface area (Å²) >= 11 is 1.24. The van der Waals surface area contributed by atoms with Gasteiger partial charge in [-0.3, -0.25) is 9.78 Å². The minimum Gasteiger partial charge on any atom is -0.456 e. The van der Waals surface area contributed by atoms with E-state index in [1.807, 2.05) is 6.07 Å². The molecule has 1 amide bonds. The molecule has 0 atom stereocenters. The zero-order valence-corrected chi connectivity index (χ0v) is 18.5. The second-order valence-corrected chi connectivity index (χ2v) is 8.79. The number of aryl methyl sites for hydroxylation is 1. The number of nitrogens with zero attached hydrogens (tertiary/aromatic N) is 3. The Bertz CT molecular complexity index is 1150. The first-order valence-corrected chi connectivity index (χ1v) is 10.4. The number of carbonyl (C=O) groups excluding carboxylic acids is 2. The first-order valence-electron chi connectivity index (χ1n) is 9.61. The summed E-state index contributed by atoms with van der Waals surface area (Å²) < 4.78 is 9.71. The number of nitrogens with one attached hydrogen (secondary N) is 1. The van der Waals surface area contributed by atoms with Crippen molar-refractivity contribution in [2.24, 2.45) is 0 Å². The summed E-state index contributed by atoms with van der Waals surface area (Å²) in [5, 5.41) is 11.8. The fourth-order valence-corrected chi connectivity index (χ4v) is 3.72. The maximum atomic E-state index is 13.0. The molecule has 0 fully saturated rings. The molecule has 0 aliphatic heterocycles. The van der Waals surface area contributed by atoms with Gasteiger partial charge in [-0.2, -0.15) is 9.64 Å². The van der Waals surface area contributed by atoms with Crippen LogP contribution in [0.3, 0.4) is 0 Å². The van der Waals surface area contributed by atoms with Gasteiger partial charge in [0, 0.05) is 28.9 Å². The average Bonchev–Trinajstić information content (AvgIpc) is 3.07. The number of pyridine rings is 1. The molecule has 0 bridgehead atoms. The molecule has 1 N–H and O–H groups in total. The Labute approximate surface area is 184 Å². The van der Waals surface area contributed by atoms with Gasteiger partial charge in [-0.1, -0.05) is 6.07 Å².